The first-order chi connectivity index (χ1) is 14.6. The lowest BCUT2D eigenvalue weighted by Crippen LogP contribution is -2.47. The third-order valence-electron chi connectivity index (χ3n) is 6.01. The summed E-state index contributed by atoms with van der Waals surface area (Å²) in [4.78, 5) is 21.2. The third kappa shape index (κ3) is 6.44. The van der Waals surface area contributed by atoms with Gasteiger partial charge in [0.1, 0.15) is 0 Å². The van der Waals surface area contributed by atoms with E-state index in [1.165, 1.54) is 11.1 Å². The van der Waals surface area contributed by atoms with Crippen LogP contribution < -0.4 is 11.1 Å². The quantitative estimate of drug-likeness (QED) is 0.525. The van der Waals surface area contributed by atoms with E-state index in [1.54, 1.807) is 0 Å². The van der Waals surface area contributed by atoms with Crippen LogP contribution in [0, 0.1) is 12.8 Å². The van der Waals surface area contributed by atoms with Crippen LogP contribution in [-0.2, 0) is 9.53 Å². The molecule has 7 nitrogen and oxygen atoms in total. The number of likely N-dealkylation sites (tertiary alicyclic amines) is 1. The molecule has 2 aliphatic rings. The largest absolute Gasteiger partial charge is 0.379 e. The van der Waals surface area contributed by atoms with Crippen molar-refractivity contribution in [2.45, 2.75) is 39.2 Å². The summed E-state index contributed by atoms with van der Waals surface area (Å²) in [7, 11) is 0. The fourth-order valence-electron chi connectivity index (χ4n) is 4.42. The molecule has 2 heterocycles. The molecule has 0 radical (unpaired) electrons. The summed E-state index contributed by atoms with van der Waals surface area (Å²) in [5.41, 5.74) is 8.01. The number of rotatable bonds is 7. The Bertz CT molecular complexity index is 700. The summed E-state index contributed by atoms with van der Waals surface area (Å²) in [6.45, 7) is 10.9. The number of guanidine groups is 1. The van der Waals surface area contributed by atoms with Crippen molar-refractivity contribution in [3.63, 3.8) is 0 Å². The number of nitrogens with two attached hydrogens (primary N) is 1. The second kappa shape index (κ2) is 11.3. The number of hydrogen-bond acceptors (Lipinski definition) is 4. The van der Waals surface area contributed by atoms with E-state index in [4.69, 9.17) is 15.5 Å². The van der Waals surface area contributed by atoms with E-state index in [0.29, 0.717) is 18.9 Å². The molecule has 166 valence electrons. The zero-order valence-electron chi connectivity index (χ0n) is 18.5. The minimum absolute atomic E-state index is 0.212. The molecule has 0 bridgehead atoms. The van der Waals surface area contributed by atoms with Crippen molar-refractivity contribution in [3.05, 3.63) is 35.4 Å². The summed E-state index contributed by atoms with van der Waals surface area (Å²) in [5, 5.41) is 3.46. The second-order valence-electron chi connectivity index (χ2n) is 8.39. The smallest absolute Gasteiger partial charge is 0.217 e. The molecular weight excluding hydrogens is 378 g/mol. The number of ether oxygens (including phenoxy) is 1. The lowest BCUT2D eigenvalue weighted by Gasteiger charge is -2.36. The van der Waals surface area contributed by atoms with Gasteiger partial charge < -0.3 is 20.7 Å². The van der Waals surface area contributed by atoms with E-state index < -0.39 is 0 Å². The number of benzene rings is 1. The van der Waals surface area contributed by atoms with Gasteiger partial charge in [-0.2, -0.15) is 0 Å². The van der Waals surface area contributed by atoms with Crippen LogP contribution >= 0.6 is 0 Å². The summed E-state index contributed by atoms with van der Waals surface area (Å²) >= 11 is 0. The van der Waals surface area contributed by atoms with E-state index in [2.05, 4.69) is 53.2 Å². The Balaban J connectivity index is 1.76. The molecule has 0 spiro atoms. The van der Waals surface area contributed by atoms with Crippen molar-refractivity contribution in [2.24, 2.45) is 16.6 Å². The van der Waals surface area contributed by atoms with Gasteiger partial charge in [0.2, 0.25) is 5.91 Å². The highest BCUT2D eigenvalue weighted by molar-refractivity contribution is 5.80. The molecule has 2 unspecified atom stereocenters. The van der Waals surface area contributed by atoms with Crippen LogP contribution in [0.4, 0.5) is 0 Å². The summed E-state index contributed by atoms with van der Waals surface area (Å²) in [6.07, 6.45) is 2.57. The Hall–Kier alpha value is -2.12. The normalized spacial score (nSPS) is 22.0. The van der Waals surface area contributed by atoms with Gasteiger partial charge in [0, 0.05) is 39.1 Å². The average Bonchev–Trinajstić information content (AvgIpc) is 2.75. The Morgan fingerprint density at radius 1 is 1.27 bits per heavy atom. The van der Waals surface area contributed by atoms with E-state index in [-0.39, 0.29) is 11.9 Å². The molecule has 3 N–H and O–H groups in total. The van der Waals surface area contributed by atoms with Gasteiger partial charge in [0.05, 0.1) is 25.8 Å². The third-order valence-corrected chi connectivity index (χ3v) is 6.01. The predicted molar refractivity (Wildman–Crippen MR) is 120 cm³/mol. The fraction of sp³-hybridized carbons (Fsp3) is 0.652. The van der Waals surface area contributed by atoms with Crippen molar-refractivity contribution in [1.29, 1.82) is 0 Å². The number of aliphatic imine (C=N–C) groups is 1. The van der Waals surface area contributed by atoms with Crippen molar-refractivity contribution in [3.8, 4) is 0 Å². The molecular formula is C23H37N5O2. The van der Waals surface area contributed by atoms with E-state index in [1.807, 2.05) is 0 Å². The summed E-state index contributed by atoms with van der Waals surface area (Å²) < 4.78 is 5.57. The lowest BCUT2D eigenvalue weighted by atomic mass is 9.95. The van der Waals surface area contributed by atoms with Crippen molar-refractivity contribution in [1.82, 2.24) is 15.1 Å². The van der Waals surface area contributed by atoms with Crippen LogP contribution in [0.25, 0.3) is 0 Å². The van der Waals surface area contributed by atoms with Gasteiger partial charge in [-0.05, 0) is 38.2 Å². The Kier molecular flexibility index (Phi) is 8.51. The predicted octanol–water partition coefficient (Wildman–Crippen LogP) is 1.92. The van der Waals surface area contributed by atoms with Crippen LogP contribution in [0.3, 0.4) is 0 Å². The first kappa shape index (κ1) is 22.6. The van der Waals surface area contributed by atoms with Crippen LogP contribution in [0.5, 0.6) is 0 Å². The number of aryl methyl sites for hydroxylation is 1. The molecule has 2 fully saturated rings. The molecule has 0 saturated carbocycles. The number of nitrogens with zero attached hydrogens (tertiary/aromatic N) is 3. The number of carbonyl (C=O) groups excluding carboxylic acids is 1. The highest BCUT2D eigenvalue weighted by Crippen LogP contribution is 2.24. The highest BCUT2D eigenvalue weighted by atomic mass is 16.5. The summed E-state index contributed by atoms with van der Waals surface area (Å²) in [5.74, 6) is 1.04. The summed E-state index contributed by atoms with van der Waals surface area (Å²) in [6, 6.07) is 9.03. The molecule has 1 aromatic rings. The zero-order chi connectivity index (χ0) is 21.3. The minimum atomic E-state index is -0.212. The molecule has 2 saturated heterocycles. The number of primary amides is 1. The average molecular weight is 416 g/mol. The number of piperidine rings is 1. The van der Waals surface area contributed by atoms with E-state index in [0.717, 1.165) is 64.7 Å². The maximum absolute atomic E-state index is 11.4. The Labute approximate surface area is 180 Å². The molecule has 2 aliphatic heterocycles. The van der Waals surface area contributed by atoms with Gasteiger partial charge in [0.15, 0.2) is 5.96 Å². The number of morpholine rings is 1. The maximum atomic E-state index is 11.4. The molecule has 7 heteroatoms. The van der Waals surface area contributed by atoms with Gasteiger partial charge >= 0.3 is 0 Å². The van der Waals surface area contributed by atoms with Gasteiger partial charge in [0.25, 0.3) is 0 Å². The second-order valence-corrected chi connectivity index (χ2v) is 8.39. The van der Waals surface area contributed by atoms with Gasteiger partial charge in [-0.15, -0.1) is 0 Å². The van der Waals surface area contributed by atoms with E-state index >= 15 is 0 Å². The number of carbonyl (C=O) groups is 1. The van der Waals surface area contributed by atoms with Crippen LogP contribution in [-0.4, -0.2) is 74.1 Å². The lowest BCUT2D eigenvalue weighted by molar-refractivity contribution is -0.119. The monoisotopic (exact) mass is 415 g/mol. The molecule has 0 aliphatic carbocycles. The highest BCUT2D eigenvalue weighted by Gasteiger charge is 2.26. The fourth-order valence-corrected chi connectivity index (χ4v) is 4.42. The minimum Gasteiger partial charge on any atom is -0.379 e. The Morgan fingerprint density at radius 2 is 2.00 bits per heavy atom. The molecule has 1 amide bonds. The molecule has 30 heavy (non-hydrogen) atoms. The van der Waals surface area contributed by atoms with E-state index in [9.17, 15) is 4.79 Å². The molecule has 3 rings (SSSR count). The zero-order valence-corrected chi connectivity index (χ0v) is 18.5. The standard InChI is InChI=1S/C23H37N5O2/c1-3-25-23(28-10-4-5-19(17-28)15-22(24)29)26-16-21(27-11-13-30-14-12-27)20-8-6-18(2)7-9-20/h6-9,19,21H,3-5,10-17H2,1-2H3,(H2,24,29)(H,25,26). The number of amides is 1. The first-order valence-corrected chi connectivity index (χ1v) is 11.3. The van der Waals surface area contributed by atoms with Gasteiger partial charge in [-0.1, -0.05) is 29.8 Å². The molecule has 1 aromatic carbocycles. The number of hydrogen-bond donors (Lipinski definition) is 2. The maximum Gasteiger partial charge on any atom is 0.217 e. The van der Waals surface area contributed by atoms with Crippen LogP contribution in [0.2, 0.25) is 0 Å². The number of nitrogens with one attached hydrogen (secondary N) is 1. The molecule has 2 atom stereocenters. The SMILES string of the molecule is CCNC(=NCC(c1ccc(C)cc1)N1CCOCC1)N1CCCC(CC(N)=O)C1. The first-order valence-electron chi connectivity index (χ1n) is 11.3. The van der Waals surface area contributed by atoms with Gasteiger partial charge in [-0.3, -0.25) is 14.7 Å². The van der Waals surface area contributed by atoms with Crippen molar-refractivity contribution >= 4 is 11.9 Å². The molecule has 0 aromatic heterocycles. The van der Waals surface area contributed by atoms with Crippen LogP contribution in [0.15, 0.2) is 29.3 Å². The van der Waals surface area contributed by atoms with Crippen molar-refractivity contribution in [2.75, 3.05) is 52.5 Å². The topological polar surface area (TPSA) is 83.2 Å². The van der Waals surface area contributed by atoms with Gasteiger partial charge in [-0.25, -0.2) is 0 Å². The van der Waals surface area contributed by atoms with Crippen molar-refractivity contribution < 1.29 is 9.53 Å². The Morgan fingerprint density at radius 3 is 2.67 bits per heavy atom. The van der Waals surface area contributed by atoms with Crippen LogP contribution in [0.1, 0.15) is 43.4 Å².